The van der Waals surface area contributed by atoms with Crippen molar-refractivity contribution in [3.8, 4) is 11.1 Å². The van der Waals surface area contributed by atoms with Crippen LogP contribution in [0.1, 0.15) is 0 Å². The second kappa shape index (κ2) is 6.65. The Bertz CT molecular complexity index is 552. The molecular weight excluding hydrogens is 280 g/mol. The van der Waals surface area contributed by atoms with Gasteiger partial charge in [-0.2, -0.15) is 0 Å². The Morgan fingerprint density at radius 3 is 2.45 bits per heavy atom. The third-order valence-electron chi connectivity index (χ3n) is 3.03. The summed E-state index contributed by atoms with van der Waals surface area (Å²) in [6.45, 7) is 0.716. The van der Waals surface area contributed by atoms with E-state index < -0.39 is 0 Å². The summed E-state index contributed by atoms with van der Waals surface area (Å²) in [6.07, 6.45) is 3.17. The molecule has 0 saturated heterocycles. The van der Waals surface area contributed by atoms with Crippen LogP contribution in [0, 0.1) is 0 Å². The van der Waals surface area contributed by atoms with E-state index in [1.807, 2.05) is 17.0 Å². The molecule has 6 heteroatoms. The van der Waals surface area contributed by atoms with Crippen molar-refractivity contribution in [3.63, 3.8) is 0 Å². The van der Waals surface area contributed by atoms with E-state index >= 15 is 0 Å². The lowest BCUT2D eigenvalue weighted by atomic mass is 10.1. The minimum atomic E-state index is -0.0260. The van der Waals surface area contributed by atoms with Crippen molar-refractivity contribution in [2.24, 2.45) is 0 Å². The number of hydrogen-bond acceptors (Lipinski definition) is 5. The number of aliphatic hydroxyl groups excluding tert-OH is 2. The summed E-state index contributed by atoms with van der Waals surface area (Å²) in [6, 6.07) is 5.32. The highest BCUT2D eigenvalue weighted by molar-refractivity contribution is 6.33. The molecule has 0 unspecified atom stereocenters. The lowest BCUT2D eigenvalue weighted by Gasteiger charge is -2.25. The Morgan fingerprint density at radius 2 is 1.90 bits per heavy atom. The van der Waals surface area contributed by atoms with Gasteiger partial charge in [0, 0.05) is 29.9 Å². The smallest absolute Gasteiger partial charge is 0.0981 e. The molecule has 0 spiro atoms. The Morgan fingerprint density at radius 1 is 1.20 bits per heavy atom. The maximum atomic E-state index is 9.12. The molecule has 108 valence electrons. The number of nitrogens with zero attached hydrogens (tertiary/aromatic N) is 1. The Kier molecular flexibility index (Phi) is 4.89. The molecule has 0 saturated carbocycles. The van der Waals surface area contributed by atoms with Crippen LogP contribution < -0.4 is 10.6 Å². The van der Waals surface area contributed by atoms with Crippen LogP contribution >= 0.6 is 11.6 Å². The van der Waals surface area contributed by atoms with Crippen LogP contribution in [0.4, 0.5) is 11.4 Å². The minimum absolute atomic E-state index is 0.0260. The molecule has 0 amide bonds. The van der Waals surface area contributed by atoms with Crippen LogP contribution in [0.3, 0.4) is 0 Å². The van der Waals surface area contributed by atoms with E-state index in [1.54, 1.807) is 18.6 Å². The van der Waals surface area contributed by atoms with Crippen molar-refractivity contribution in [1.82, 2.24) is 0 Å². The van der Waals surface area contributed by atoms with E-state index in [0.29, 0.717) is 23.8 Å². The topological polar surface area (TPSA) is 82.9 Å². The van der Waals surface area contributed by atoms with Gasteiger partial charge >= 0.3 is 0 Å². The number of anilines is 2. The van der Waals surface area contributed by atoms with Crippen LogP contribution in [-0.4, -0.2) is 36.5 Å². The fourth-order valence-electron chi connectivity index (χ4n) is 2.08. The summed E-state index contributed by atoms with van der Waals surface area (Å²) < 4.78 is 5.07. The molecule has 0 fully saturated rings. The summed E-state index contributed by atoms with van der Waals surface area (Å²) in [5.41, 5.74) is 8.92. The molecule has 4 N–H and O–H groups in total. The van der Waals surface area contributed by atoms with Gasteiger partial charge in [0.15, 0.2) is 0 Å². The highest BCUT2D eigenvalue weighted by Gasteiger charge is 2.14. The SMILES string of the molecule is Nc1cc(Cl)c(N(CCO)CCO)cc1-c1ccoc1. The molecule has 20 heavy (non-hydrogen) atoms. The number of benzene rings is 1. The number of nitrogen functional groups attached to an aromatic ring is 1. The molecule has 5 nitrogen and oxygen atoms in total. The van der Waals surface area contributed by atoms with Gasteiger partial charge in [-0.3, -0.25) is 0 Å². The van der Waals surface area contributed by atoms with Crippen molar-refractivity contribution in [3.05, 3.63) is 35.7 Å². The highest BCUT2D eigenvalue weighted by Crippen LogP contribution is 2.36. The van der Waals surface area contributed by atoms with Gasteiger partial charge in [0.2, 0.25) is 0 Å². The van der Waals surface area contributed by atoms with Gasteiger partial charge < -0.3 is 25.3 Å². The molecule has 0 atom stereocenters. The zero-order valence-corrected chi connectivity index (χ0v) is 11.7. The van der Waals surface area contributed by atoms with E-state index in [0.717, 1.165) is 16.8 Å². The molecule has 0 aliphatic heterocycles. The van der Waals surface area contributed by atoms with Gasteiger partial charge in [-0.05, 0) is 18.2 Å². The van der Waals surface area contributed by atoms with Crippen molar-refractivity contribution in [2.45, 2.75) is 0 Å². The third kappa shape index (κ3) is 3.07. The van der Waals surface area contributed by atoms with E-state index in [9.17, 15) is 0 Å². The molecule has 1 aromatic heterocycles. The first-order valence-electron chi connectivity index (χ1n) is 6.25. The molecule has 1 aromatic carbocycles. The lowest BCUT2D eigenvalue weighted by molar-refractivity contribution is 0.281. The number of furan rings is 1. The summed E-state index contributed by atoms with van der Waals surface area (Å²) in [5, 5.41) is 18.7. The zero-order valence-electron chi connectivity index (χ0n) is 10.9. The molecule has 2 rings (SSSR count). The quantitative estimate of drug-likeness (QED) is 0.710. The van der Waals surface area contributed by atoms with E-state index in [1.165, 1.54) is 0 Å². The maximum absolute atomic E-state index is 9.12. The van der Waals surface area contributed by atoms with Crippen LogP contribution in [0.15, 0.2) is 35.1 Å². The molecule has 1 heterocycles. The van der Waals surface area contributed by atoms with Gasteiger partial charge in [-0.1, -0.05) is 11.6 Å². The number of nitrogens with two attached hydrogens (primary N) is 1. The van der Waals surface area contributed by atoms with Crippen LogP contribution in [-0.2, 0) is 0 Å². The summed E-state index contributed by atoms with van der Waals surface area (Å²) in [5.74, 6) is 0. The lowest BCUT2D eigenvalue weighted by Crippen LogP contribution is -2.30. The standard InChI is InChI=1S/C14H17ClN2O3/c15-12-8-13(16)11(10-1-6-20-9-10)7-14(12)17(2-4-18)3-5-19/h1,6-9,18-19H,2-5,16H2. The van der Waals surface area contributed by atoms with Crippen molar-refractivity contribution in [1.29, 1.82) is 0 Å². The Hall–Kier alpha value is -1.69. The van der Waals surface area contributed by atoms with Crippen LogP contribution in [0.5, 0.6) is 0 Å². The Balaban J connectivity index is 2.44. The first kappa shape index (κ1) is 14.7. The molecule has 2 aromatic rings. The largest absolute Gasteiger partial charge is 0.472 e. The summed E-state index contributed by atoms with van der Waals surface area (Å²) >= 11 is 6.22. The van der Waals surface area contributed by atoms with E-state index in [-0.39, 0.29) is 13.2 Å². The minimum Gasteiger partial charge on any atom is -0.472 e. The van der Waals surface area contributed by atoms with Crippen molar-refractivity contribution in [2.75, 3.05) is 36.9 Å². The first-order chi connectivity index (χ1) is 9.67. The predicted molar refractivity (Wildman–Crippen MR) is 80.0 cm³/mol. The fraction of sp³-hybridized carbons (Fsp3) is 0.286. The number of hydrogen-bond donors (Lipinski definition) is 3. The van der Waals surface area contributed by atoms with Gasteiger partial charge in [-0.15, -0.1) is 0 Å². The number of halogens is 1. The van der Waals surface area contributed by atoms with Crippen LogP contribution in [0.2, 0.25) is 5.02 Å². The average molecular weight is 297 g/mol. The molecule has 0 aliphatic rings. The second-order valence-electron chi connectivity index (χ2n) is 4.34. The first-order valence-corrected chi connectivity index (χ1v) is 6.63. The molecule has 0 radical (unpaired) electrons. The maximum Gasteiger partial charge on any atom is 0.0981 e. The van der Waals surface area contributed by atoms with Crippen LogP contribution in [0.25, 0.3) is 11.1 Å². The monoisotopic (exact) mass is 296 g/mol. The number of aliphatic hydroxyl groups is 2. The third-order valence-corrected chi connectivity index (χ3v) is 3.33. The normalized spacial score (nSPS) is 10.8. The number of rotatable bonds is 6. The van der Waals surface area contributed by atoms with Gasteiger partial charge in [0.25, 0.3) is 0 Å². The van der Waals surface area contributed by atoms with E-state index in [4.69, 9.17) is 32.0 Å². The summed E-state index contributed by atoms with van der Waals surface area (Å²) in [7, 11) is 0. The van der Waals surface area contributed by atoms with Gasteiger partial charge in [-0.25, -0.2) is 0 Å². The van der Waals surface area contributed by atoms with Gasteiger partial charge in [0.05, 0.1) is 36.5 Å². The fourth-order valence-corrected chi connectivity index (χ4v) is 2.37. The molecule has 0 aliphatic carbocycles. The van der Waals surface area contributed by atoms with Crippen molar-refractivity contribution >= 4 is 23.0 Å². The zero-order chi connectivity index (χ0) is 14.5. The molecule has 0 bridgehead atoms. The predicted octanol–water partition coefficient (Wildman–Crippen LogP) is 1.97. The molecular formula is C14H17ClN2O3. The average Bonchev–Trinajstić information content (AvgIpc) is 2.92. The van der Waals surface area contributed by atoms with Gasteiger partial charge in [0.1, 0.15) is 0 Å². The van der Waals surface area contributed by atoms with Crippen molar-refractivity contribution < 1.29 is 14.6 Å². The highest BCUT2D eigenvalue weighted by atomic mass is 35.5. The Labute approximate surface area is 122 Å². The van der Waals surface area contributed by atoms with E-state index in [2.05, 4.69) is 0 Å². The second-order valence-corrected chi connectivity index (χ2v) is 4.74. The summed E-state index contributed by atoms with van der Waals surface area (Å²) in [4.78, 5) is 1.81.